The number of rotatable bonds is 4. The van der Waals surface area contributed by atoms with Crippen LogP contribution in [-0.4, -0.2) is 85.2 Å². The van der Waals surface area contributed by atoms with E-state index in [0.717, 1.165) is 56.6 Å². The number of hydrogen-bond acceptors (Lipinski definition) is 6. The second-order valence-electron chi connectivity index (χ2n) is 10.4. The van der Waals surface area contributed by atoms with Gasteiger partial charge >= 0.3 is 0 Å². The van der Waals surface area contributed by atoms with E-state index in [1.807, 2.05) is 17.0 Å². The van der Waals surface area contributed by atoms with Crippen molar-refractivity contribution in [2.45, 2.75) is 45.6 Å². The lowest BCUT2D eigenvalue weighted by Gasteiger charge is -2.41. The Bertz CT molecular complexity index is 960. The number of ether oxygens (including phenoxy) is 1. The molecule has 4 aliphatic heterocycles. The van der Waals surface area contributed by atoms with Crippen molar-refractivity contribution < 1.29 is 9.53 Å². The summed E-state index contributed by atoms with van der Waals surface area (Å²) in [7, 11) is 2.03. The highest BCUT2D eigenvalue weighted by molar-refractivity contribution is 5.99. The summed E-state index contributed by atoms with van der Waals surface area (Å²) >= 11 is 0. The zero-order valence-corrected chi connectivity index (χ0v) is 20.7. The molecule has 0 saturated carbocycles. The average Bonchev–Trinajstić information content (AvgIpc) is 3.51. The number of allylic oxidation sites excluding steroid dienone is 3. The molecule has 5 aliphatic rings. The van der Waals surface area contributed by atoms with Gasteiger partial charge in [0.25, 0.3) is 0 Å². The number of amidine groups is 1. The molecule has 8 heteroatoms. The number of nitrogens with one attached hydrogen (secondary N) is 2. The first-order valence-corrected chi connectivity index (χ1v) is 12.8. The quantitative estimate of drug-likeness (QED) is 0.491. The molecule has 0 radical (unpaired) electrons. The standard InChI is InChI=1S/C26H38N6O2/c1-17-6-10-32(25-5-4-19(12-22(17)25)20-13-28-30(3)14-20)26(27)23-15-31(18(2)33)9-7-24(23)29-21-8-11-34-16-21/h4-5,13,17,19-21,27,29H,6-12,14-16H2,1-3H3/t17-,19?,20?,21-/m0/s1. The summed E-state index contributed by atoms with van der Waals surface area (Å²) in [4.78, 5) is 16.3. The molecule has 34 heavy (non-hydrogen) atoms. The fourth-order valence-electron chi connectivity index (χ4n) is 5.92. The smallest absolute Gasteiger partial charge is 0.219 e. The lowest BCUT2D eigenvalue weighted by Crippen LogP contribution is -2.46. The van der Waals surface area contributed by atoms with Crippen molar-refractivity contribution in [2.24, 2.45) is 22.9 Å². The Morgan fingerprint density at radius 2 is 2.12 bits per heavy atom. The minimum absolute atomic E-state index is 0.0734. The Morgan fingerprint density at radius 1 is 1.26 bits per heavy atom. The lowest BCUT2D eigenvalue weighted by atomic mass is 9.77. The van der Waals surface area contributed by atoms with Crippen LogP contribution in [0.25, 0.3) is 0 Å². The molecular formula is C26H38N6O2. The van der Waals surface area contributed by atoms with Crippen LogP contribution in [0.1, 0.15) is 39.5 Å². The molecule has 1 fully saturated rings. The van der Waals surface area contributed by atoms with E-state index in [2.05, 4.69) is 40.6 Å². The third-order valence-corrected chi connectivity index (χ3v) is 8.09. The molecule has 1 aliphatic carbocycles. The Morgan fingerprint density at radius 3 is 2.82 bits per heavy atom. The fraction of sp³-hybridized carbons (Fsp3) is 0.654. The van der Waals surface area contributed by atoms with Crippen molar-refractivity contribution >= 4 is 18.0 Å². The van der Waals surface area contributed by atoms with E-state index < -0.39 is 0 Å². The fourth-order valence-corrected chi connectivity index (χ4v) is 5.92. The van der Waals surface area contributed by atoms with Crippen molar-refractivity contribution in [2.75, 3.05) is 46.4 Å². The molecular weight excluding hydrogens is 428 g/mol. The van der Waals surface area contributed by atoms with Crippen LogP contribution in [0.3, 0.4) is 0 Å². The monoisotopic (exact) mass is 466 g/mol. The molecule has 0 spiro atoms. The molecule has 8 nitrogen and oxygen atoms in total. The van der Waals surface area contributed by atoms with Crippen molar-refractivity contribution in [3.63, 3.8) is 0 Å². The SMILES string of the molecule is CC(=O)N1CCC(N[C@H]2CCOC2)=C(C(=N)N2CC[C@H](C)C3=C2C=CC(C2C=NN(C)C2)C3)C1. The van der Waals surface area contributed by atoms with E-state index in [1.165, 1.54) is 11.3 Å². The summed E-state index contributed by atoms with van der Waals surface area (Å²) < 4.78 is 5.57. The summed E-state index contributed by atoms with van der Waals surface area (Å²) in [5.41, 5.74) is 4.72. The van der Waals surface area contributed by atoms with Crippen molar-refractivity contribution in [1.82, 2.24) is 20.1 Å². The van der Waals surface area contributed by atoms with Gasteiger partial charge in [-0.15, -0.1) is 0 Å². The molecule has 0 bridgehead atoms. The van der Waals surface area contributed by atoms with Crippen LogP contribution in [0, 0.1) is 23.2 Å². The number of carbonyl (C=O) groups is 1. The van der Waals surface area contributed by atoms with Crippen molar-refractivity contribution in [3.8, 4) is 0 Å². The zero-order chi connectivity index (χ0) is 23.8. The molecule has 1 saturated heterocycles. The first-order chi connectivity index (χ1) is 16.4. The van der Waals surface area contributed by atoms with Gasteiger partial charge in [-0.3, -0.25) is 15.2 Å². The molecule has 1 amide bonds. The van der Waals surface area contributed by atoms with Gasteiger partial charge in [0, 0.05) is 75.7 Å². The van der Waals surface area contributed by atoms with Gasteiger partial charge in [0.05, 0.1) is 19.2 Å². The Labute approximate surface area is 202 Å². The van der Waals surface area contributed by atoms with E-state index in [9.17, 15) is 10.2 Å². The van der Waals surface area contributed by atoms with Gasteiger partial charge in [-0.25, -0.2) is 0 Å². The molecule has 0 aromatic heterocycles. The maximum Gasteiger partial charge on any atom is 0.219 e. The largest absolute Gasteiger partial charge is 0.383 e. The third kappa shape index (κ3) is 4.52. The first kappa shape index (κ1) is 23.1. The van der Waals surface area contributed by atoms with Crippen molar-refractivity contribution in [3.05, 3.63) is 34.7 Å². The second-order valence-corrected chi connectivity index (χ2v) is 10.4. The van der Waals surface area contributed by atoms with Gasteiger partial charge in [0.2, 0.25) is 5.91 Å². The topological polar surface area (TPSA) is 84.3 Å². The van der Waals surface area contributed by atoms with E-state index in [1.54, 1.807) is 6.92 Å². The predicted molar refractivity (Wildman–Crippen MR) is 133 cm³/mol. The van der Waals surface area contributed by atoms with Crippen LogP contribution in [0.5, 0.6) is 0 Å². The lowest BCUT2D eigenvalue weighted by molar-refractivity contribution is -0.128. The zero-order valence-electron chi connectivity index (χ0n) is 20.7. The minimum Gasteiger partial charge on any atom is -0.383 e. The van der Waals surface area contributed by atoms with Gasteiger partial charge in [0.15, 0.2) is 0 Å². The predicted octanol–water partition coefficient (Wildman–Crippen LogP) is 2.57. The molecule has 2 unspecified atom stereocenters. The van der Waals surface area contributed by atoms with Gasteiger partial charge in [-0.05, 0) is 42.7 Å². The maximum atomic E-state index is 12.2. The van der Waals surface area contributed by atoms with E-state index in [0.29, 0.717) is 49.3 Å². The Kier molecular flexibility index (Phi) is 6.51. The molecule has 4 atom stereocenters. The molecule has 184 valence electrons. The molecule has 0 aromatic carbocycles. The highest BCUT2D eigenvalue weighted by Gasteiger charge is 2.35. The summed E-state index contributed by atoms with van der Waals surface area (Å²) in [5.74, 6) is 2.05. The van der Waals surface area contributed by atoms with Crippen LogP contribution in [0.2, 0.25) is 0 Å². The van der Waals surface area contributed by atoms with E-state index in [4.69, 9.17) is 4.74 Å². The van der Waals surface area contributed by atoms with Crippen LogP contribution < -0.4 is 5.32 Å². The Hall–Kier alpha value is -2.61. The van der Waals surface area contributed by atoms with Crippen LogP contribution in [0.15, 0.2) is 39.8 Å². The summed E-state index contributed by atoms with van der Waals surface area (Å²) in [6.45, 7) is 8.45. The Balaban J connectivity index is 1.40. The summed E-state index contributed by atoms with van der Waals surface area (Å²) in [6.07, 6.45) is 10.5. The second kappa shape index (κ2) is 9.56. The highest BCUT2D eigenvalue weighted by Crippen LogP contribution is 2.40. The van der Waals surface area contributed by atoms with Gasteiger partial charge in [-0.2, -0.15) is 5.10 Å². The third-order valence-electron chi connectivity index (χ3n) is 8.09. The van der Waals surface area contributed by atoms with E-state index in [-0.39, 0.29) is 5.91 Å². The van der Waals surface area contributed by atoms with Crippen LogP contribution in [-0.2, 0) is 9.53 Å². The molecule has 2 N–H and O–H groups in total. The number of amides is 1. The van der Waals surface area contributed by atoms with Gasteiger partial charge < -0.3 is 19.9 Å². The molecule has 4 heterocycles. The number of nitrogens with zero attached hydrogens (tertiary/aromatic N) is 4. The van der Waals surface area contributed by atoms with Gasteiger partial charge in [0.1, 0.15) is 5.84 Å². The minimum atomic E-state index is 0.0734. The average molecular weight is 467 g/mol. The van der Waals surface area contributed by atoms with Crippen LogP contribution >= 0.6 is 0 Å². The van der Waals surface area contributed by atoms with Crippen molar-refractivity contribution in [1.29, 1.82) is 5.41 Å². The summed E-state index contributed by atoms with van der Waals surface area (Å²) in [5, 5.41) is 19.5. The first-order valence-electron chi connectivity index (χ1n) is 12.8. The molecule has 0 aromatic rings. The number of hydrogen-bond donors (Lipinski definition) is 2. The normalized spacial score (nSPS) is 31.4. The number of carbonyl (C=O) groups excluding carboxylic acids is 1. The summed E-state index contributed by atoms with van der Waals surface area (Å²) in [6, 6.07) is 0.291. The van der Waals surface area contributed by atoms with Gasteiger partial charge in [-0.1, -0.05) is 13.0 Å². The van der Waals surface area contributed by atoms with Crippen LogP contribution in [0.4, 0.5) is 0 Å². The number of hydrazone groups is 1. The molecule has 5 rings (SSSR count). The highest BCUT2D eigenvalue weighted by atomic mass is 16.5. The van der Waals surface area contributed by atoms with E-state index >= 15 is 0 Å². The maximum absolute atomic E-state index is 12.2.